The van der Waals surface area contributed by atoms with Crippen molar-refractivity contribution in [3.8, 4) is 0 Å². The zero-order valence-corrected chi connectivity index (χ0v) is 16.4. The van der Waals surface area contributed by atoms with Crippen LogP contribution in [0.15, 0.2) is 24.4 Å². The minimum atomic E-state index is -2.65. The third-order valence-corrected chi connectivity index (χ3v) is 5.57. The number of aryl methyl sites for hydroxylation is 1. The lowest BCUT2D eigenvalue weighted by Crippen LogP contribution is -2.56. The van der Waals surface area contributed by atoms with Crippen LogP contribution in [-0.2, 0) is 7.05 Å². The van der Waals surface area contributed by atoms with Gasteiger partial charge in [0.05, 0.1) is 10.7 Å². The fourth-order valence-corrected chi connectivity index (χ4v) is 4.14. The number of nitrogens with zero attached hydrogens (tertiary/aromatic N) is 1. The first-order chi connectivity index (χ1) is 13.0. The molecule has 5 nitrogen and oxygen atoms in total. The molecule has 1 fully saturated rings. The summed E-state index contributed by atoms with van der Waals surface area (Å²) in [6.07, 6.45) is 1.02. The lowest BCUT2D eigenvalue weighted by molar-refractivity contribution is -0.120. The molecule has 1 aromatic carbocycles. The Kier molecular flexibility index (Phi) is 5.57. The van der Waals surface area contributed by atoms with Gasteiger partial charge < -0.3 is 14.6 Å². The number of anilines is 2. The van der Waals surface area contributed by atoms with Crippen molar-refractivity contribution in [2.75, 3.05) is 10.0 Å². The number of carbonyl (C=O) groups excluding carboxylic acids is 1. The van der Waals surface area contributed by atoms with E-state index in [4.69, 9.17) is 11.6 Å². The van der Waals surface area contributed by atoms with Crippen LogP contribution in [0.2, 0.25) is 5.02 Å². The van der Waals surface area contributed by atoms with Crippen molar-refractivity contribution >= 4 is 41.0 Å². The first-order valence-electron chi connectivity index (χ1n) is 8.18. The van der Waals surface area contributed by atoms with Gasteiger partial charge in [-0.1, -0.05) is 11.6 Å². The lowest BCUT2D eigenvalue weighted by Gasteiger charge is -2.44. The van der Waals surface area contributed by atoms with E-state index in [1.165, 1.54) is 10.6 Å². The number of halogens is 5. The molecule has 0 aliphatic heterocycles. The number of aromatic nitrogens is 1. The van der Waals surface area contributed by atoms with Gasteiger partial charge in [-0.2, -0.15) is 0 Å². The Morgan fingerprint density at radius 2 is 1.93 bits per heavy atom. The van der Waals surface area contributed by atoms with E-state index in [9.17, 15) is 22.4 Å². The topological polar surface area (TPSA) is 58.1 Å². The Bertz CT molecular complexity index is 913. The van der Waals surface area contributed by atoms with Crippen LogP contribution in [0.3, 0.4) is 0 Å². The van der Waals surface area contributed by atoms with E-state index in [0.717, 1.165) is 24.3 Å². The second-order valence-electron chi connectivity index (χ2n) is 6.98. The Labute approximate surface area is 168 Å². The quantitative estimate of drug-likeness (QED) is 0.442. The second-order valence-corrected chi connectivity index (χ2v) is 7.97. The summed E-state index contributed by atoms with van der Waals surface area (Å²) in [6, 6.07) is 2.98. The normalized spacial score (nSPS) is 17.1. The number of alkyl halides is 2. The van der Waals surface area contributed by atoms with Crippen LogP contribution in [0.4, 0.5) is 28.9 Å². The van der Waals surface area contributed by atoms with Crippen LogP contribution < -0.4 is 14.8 Å². The van der Waals surface area contributed by atoms with Crippen molar-refractivity contribution in [2.24, 2.45) is 7.05 Å². The molecule has 0 unspecified atom stereocenters. The van der Waals surface area contributed by atoms with Crippen LogP contribution in [-0.4, -0.2) is 21.9 Å². The molecular weight excluding hydrogens is 420 g/mol. The van der Waals surface area contributed by atoms with Gasteiger partial charge in [-0.3, -0.25) is 4.79 Å². The molecule has 3 N–H and O–H groups in total. The van der Waals surface area contributed by atoms with Gasteiger partial charge in [-0.25, -0.2) is 22.3 Å². The van der Waals surface area contributed by atoms with E-state index >= 15 is 0 Å². The number of amides is 1. The van der Waals surface area contributed by atoms with Gasteiger partial charge in [0.1, 0.15) is 5.69 Å². The van der Waals surface area contributed by atoms with E-state index in [-0.39, 0.29) is 29.2 Å². The molecule has 1 saturated carbocycles. The third-order valence-electron chi connectivity index (χ3n) is 4.27. The van der Waals surface area contributed by atoms with E-state index in [1.807, 2.05) is 0 Å². The predicted octanol–water partition coefficient (Wildman–Crippen LogP) is 4.96. The molecule has 0 bridgehead atoms. The Balaban J connectivity index is 1.64. The summed E-state index contributed by atoms with van der Waals surface area (Å²) in [6.45, 7) is 1.69. The highest BCUT2D eigenvalue weighted by atomic mass is 35.5. The summed E-state index contributed by atoms with van der Waals surface area (Å²) in [5.74, 6) is -5.38. The van der Waals surface area contributed by atoms with Gasteiger partial charge in [-0.05, 0) is 19.1 Å². The molecule has 1 heterocycles. The molecule has 1 aliphatic rings. The van der Waals surface area contributed by atoms with Crippen LogP contribution in [0.5, 0.6) is 0 Å². The van der Waals surface area contributed by atoms with E-state index in [0.29, 0.717) is 5.69 Å². The molecule has 0 atom stereocenters. The summed E-state index contributed by atoms with van der Waals surface area (Å²) in [4.78, 5) is 12.5. The summed E-state index contributed by atoms with van der Waals surface area (Å²) in [5.41, 5.74) is -0.136. The summed E-state index contributed by atoms with van der Waals surface area (Å²) in [7, 11) is 1.59. The highest BCUT2D eigenvalue weighted by molar-refractivity contribution is 7.98. The summed E-state index contributed by atoms with van der Waals surface area (Å²) >= 11 is 7.24. The molecule has 0 saturated heterocycles. The molecule has 1 aliphatic carbocycles. The van der Waals surface area contributed by atoms with Crippen LogP contribution in [0.1, 0.15) is 30.3 Å². The number of hydrogen-bond donors (Lipinski definition) is 3. The Morgan fingerprint density at radius 1 is 1.25 bits per heavy atom. The average Bonchev–Trinajstić information content (AvgIpc) is 2.83. The van der Waals surface area contributed by atoms with Gasteiger partial charge in [0, 0.05) is 55.5 Å². The van der Waals surface area contributed by atoms with Crippen molar-refractivity contribution in [3.05, 3.63) is 46.7 Å². The van der Waals surface area contributed by atoms with Gasteiger partial charge in [-0.15, -0.1) is 0 Å². The van der Waals surface area contributed by atoms with Crippen molar-refractivity contribution in [3.63, 3.8) is 0 Å². The molecule has 1 aromatic heterocycles. The zero-order chi connectivity index (χ0) is 20.7. The molecule has 0 radical (unpaired) electrons. The number of benzene rings is 1. The van der Waals surface area contributed by atoms with Crippen molar-refractivity contribution in [1.29, 1.82) is 0 Å². The molecule has 28 heavy (non-hydrogen) atoms. The summed E-state index contributed by atoms with van der Waals surface area (Å²) in [5, 5.41) is 2.54. The number of hydrogen-bond acceptors (Lipinski definition) is 4. The molecule has 152 valence electrons. The predicted molar refractivity (Wildman–Crippen MR) is 102 cm³/mol. The van der Waals surface area contributed by atoms with Crippen molar-refractivity contribution in [2.45, 2.75) is 31.2 Å². The standard InChI is InChI=1S/C17H17ClF4N4OS/c1-16(7-17(21,22)8-16)25-28-24-12-6-26(2)14(13(12)18)15(27)23-9-3-4-10(19)11(20)5-9/h3-6,24-25H,7-8H2,1-2H3,(H,23,27). The van der Waals surface area contributed by atoms with E-state index in [2.05, 4.69) is 14.8 Å². The average molecular weight is 437 g/mol. The summed E-state index contributed by atoms with van der Waals surface area (Å²) < 4.78 is 59.6. The monoisotopic (exact) mass is 436 g/mol. The fourth-order valence-electron chi connectivity index (χ4n) is 3.06. The fraction of sp³-hybridized carbons (Fsp3) is 0.353. The molecule has 1 amide bonds. The van der Waals surface area contributed by atoms with E-state index in [1.54, 1.807) is 20.2 Å². The lowest BCUT2D eigenvalue weighted by atomic mass is 9.76. The maximum absolute atomic E-state index is 13.3. The Hall–Kier alpha value is -1.91. The molecular formula is C17H17ClF4N4OS. The van der Waals surface area contributed by atoms with Crippen LogP contribution >= 0.6 is 23.7 Å². The number of nitrogens with one attached hydrogen (secondary N) is 3. The third kappa shape index (κ3) is 4.39. The largest absolute Gasteiger partial charge is 0.343 e. The maximum Gasteiger partial charge on any atom is 0.273 e. The molecule has 0 spiro atoms. The molecule has 2 aromatic rings. The minimum absolute atomic E-state index is 0.0746. The van der Waals surface area contributed by atoms with Crippen LogP contribution in [0.25, 0.3) is 0 Å². The zero-order valence-electron chi connectivity index (χ0n) is 14.9. The second kappa shape index (κ2) is 7.49. The van der Waals surface area contributed by atoms with Gasteiger partial charge in [0.25, 0.3) is 11.8 Å². The highest BCUT2D eigenvalue weighted by Gasteiger charge is 2.53. The molecule has 11 heteroatoms. The van der Waals surface area contributed by atoms with Gasteiger partial charge >= 0.3 is 0 Å². The Morgan fingerprint density at radius 3 is 2.54 bits per heavy atom. The van der Waals surface area contributed by atoms with Gasteiger partial charge in [0.15, 0.2) is 11.6 Å². The highest BCUT2D eigenvalue weighted by Crippen LogP contribution is 2.46. The number of rotatable bonds is 6. The van der Waals surface area contributed by atoms with Crippen LogP contribution in [0, 0.1) is 11.6 Å². The smallest absolute Gasteiger partial charge is 0.273 e. The maximum atomic E-state index is 13.3. The first kappa shape index (κ1) is 20.8. The molecule has 3 rings (SSSR count). The van der Waals surface area contributed by atoms with Gasteiger partial charge in [0.2, 0.25) is 0 Å². The first-order valence-corrected chi connectivity index (χ1v) is 9.37. The van der Waals surface area contributed by atoms with Crippen molar-refractivity contribution in [1.82, 2.24) is 9.29 Å². The SMILES string of the molecule is Cn1cc(NSNC2(C)CC(F)(F)C2)c(Cl)c1C(=O)Nc1ccc(F)c(F)c1. The van der Waals surface area contributed by atoms with Crippen molar-refractivity contribution < 1.29 is 22.4 Å². The number of carbonyl (C=O) groups is 1. The van der Waals surface area contributed by atoms with E-state index < -0.39 is 29.0 Å². The minimum Gasteiger partial charge on any atom is -0.343 e.